The first-order valence-corrected chi connectivity index (χ1v) is 7.20. The van der Waals surface area contributed by atoms with E-state index in [2.05, 4.69) is 46.7 Å². The van der Waals surface area contributed by atoms with Crippen LogP contribution in [0, 0.1) is 0 Å². The molecule has 1 aromatic heterocycles. The minimum Gasteiger partial charge on any atom is -0.361 e. The lowest BCUT2D eigenvalue weighted by atomic mass is 10.1. The third-order valence-corrected chi connectivity index (χ3v) is 3.70. The molecule has 2 aromatic carbocycles. The van der Waals surface area contributed by atoms with Crippen LogP contribution in [-0.4, -0.2) is 11.5 Å². The molecule has 0 amide bonds. The van der Waals surface area contributed by atoms with Crippen LogP contribution in [0.1, 0.15) is 11.1 Å². The van der Waals surface area contributed by atoms with Crippen LogP contribution >= 0.6 is 11.6 Å². The highest BCUT2D eigenvalue weighted by atomic mass is 35.5. The second-order valence-electron chi connectivity index (χ2n) is 4.95. The van der Waals surface area contributed by atoms with Crippen LogP contribution in [0.3, 0.4) is 0 Å². The molecule has 0 atom stereocenters. The van der Waals surface area contributed by atoms with Gasteiger partial charge in [0.05, 0.1) is 0 Å². The van der Waals surface area contributed by atoms with E-state index in [1.807, 2.05) is 18.3 Å². The van der Waals surface area contributed by atoms with E-state index in [9.17, 15) is 0 Å². The fourth-order valence-electron chi connectivity index (χ4n) is 2.32. The summed E-state index contributed by atoms with van der Waals surface area (Å²) in [5.41, 5.74) is 3.81. The molecule has 0 saturated heterocycles. The number of halogens is 1. The average molecular weight is 285 g/mol. The molecule has 3 rings (SSSR count). The number of nitrogens with one attached hydrogen (secondary N) is 2. The van der Waals surface area contributed by atoms with Gasteiger partial charge in [-0.25, -0.2) is 0 Å². The molecule has 0 aliphatic heterocycles. The first-order valence-electron chi connectivity index (χ1n) is 6.82. The molecule has 2 nitrogen and oxygen atoms in total. The molecular formula is C17H17ClN2. The van der Waals surface area contributed by atoms with E-state index in [1.165, 1.54) is 22.0 Å². The zero-order valence-electron chi connectivity index (χ0n) is 11.2. The Hall–Kier alpha value is -1.77. The summed E-state index contributed by atoms with van der Waals surface area (Å²) in [7, 11) is 0. The number of H-pyrrole nitrogens is 1. The standard InChI is InChI=1S/C17H17ClN2/c18-16-5-2-13(3-6-16)7-9-19-12-14-1-4-15-8-10-20-17(15)11-14/h1-6,8,10-11,19-20H,7,9,12H2. The van der Waals surface area contributed by atoms with Crippen molar-refractivity contribution < 1.29 is 0 Å². The number of hydrogen-bond donors (Lipinski definition) is 2. The largest absolute Gasteiger partial charge is 0.361 e. The van der Waals surface area contributed by atoms with Gasteiger partial charge in [0.15, 0.2) is 0 Å². The summed E-state index contributed by atoms with van der Waals surface area (Å²) in [5, 5.41) is 5.53. The molecule has 0 aliphatic rings. The van der Waals surface area contributed by atoms with E-state index in [1.54, 1.807) is 0 Å². The molecule has 0 aliphatic carbocycles. The smallest absolute Gasteiger partial charge is 0.0457 e. The Kier molecular flexibility index (Phi) is 4.05. The third kappa shape index (κ3) is 3.21. The highest BCUT2D eigenvalue weighted by Gasteiger charge is 1.98. The summed E-state index contributed by atoms with van der Waals surface area (Å²) in [5.74, 6) is 0. The SMILES string of the molecule is Clc1ccc(CCNCc2ccc3cc[nH]c3c2)cc1. The normalized spacial score (nSPS) is 11.1. The molecular weight excluding hydrogens is 268 g/mol. The van der Waals surface area contributed by atoms with Gasteiger partial charge in [-0.15, -0.1) is 0 Å². The minimum absolute atomic E-state index is 0.793. The van der Waals surface area contributed by atoms with Gasteiger partial charge in [-0.3, -0.25) is 0 Å². The van der Waals surface area contributed by atoms with E-state index in [0.717, 1.165) is 24.5 Å². The predicted octanol–water partition coefficient (Wildman–Crippen LogP) is 4.15. The zero-order chi connectivity index (χ0) is 13.8. The topological polar surface area (TPSA) is 27.8 Å². The van der Waals surface area contributed by atoms with E-state index in [4.69, 9.17) is 11.6 Å². The van der Waals surface area contributed by atoms with Crippen molar-refractivity contribution in [1.82, 2.24) is 10.3 Å². The lowest BCUT2D eigenvalue weighted by Gasteiger charge is -2.06. The first-order chi connectivity index (χ1) is 9.81. The van der Waals surface area contributed by atoms with Crippen LogP contribution in [0.25, 0.3) is 10.9 Å². The van der Waals surface area contributed by atoms with Gasteiger partial charge in [-0.2, -0.15) is 0 Å². The zero-order valence-corrected chi connectivity index (χ0v) is 12.0. The number of hydrogen-bond acceptors (Lipinski definition) is 1. The predicted molar refractivity (Wildman–Crippen MR) is 85.2 cm³/mol. The number of aromatic amines is 1. The van der Waals surface area contributed by atoms with Gasteiger partial charge in [0.2, 0.25) is 0 Å². The van der Waals surface area contributed by atoms with Crippen LogP contribution in [0.2, 0.25) is 5.02 Å². The highest BCUT2D eigenvalue weighted by Crippen LogP contribution is 2.14. The van der Waals surface area contributed by atoms with Crippen LogP contribution < -0.4 is 5.32 Å². The molecule has 2 N–H and O–H groups in total. The van der Waals surface area contributed by atoms with Gasteiger partial charge in [0.25, 0.3) is 0 Å². The van der Waals surface area contributed by atoms with Crippen molar-refractivity contribution in [3.63, 3.8) is 0 Å². The van der Waals surface area contributed by atoms with Gasteiger partial charge in [-0.1, -0.05) is 35.9 Å². The van der Waals surface area contributed by atoms with Gasteiger partial charge < -0.3 is 10.3 Å². The summed E-state index contributed by atoms with van der Waals surface area (Å²) in [6.45, 7) is 1.85. The highest BCUT2D eigenvalue weighted by molar-refractivity contribution is 6.30. The lowest BCUT2D eigenvalue weighted by Crippen LogP contribution is -2.16. The third-order valence-electron chi connectivity index (χ3n) is 3.45. The quantitative estimate of drug-likeness (QED) is 0.677. The monoisotopic (exact) mass is 284 g/mol. The number of benzene rings is 2. The molecule has 0 fully saturated rings. The molecule has 20 heavy (non-hydrogen) atoms. The van der Waals surface area contributed by atoms with Gasteiger partial charge in [0, 0.05) is 23.3 Å². The van der Waals surface area contributed by atoms with Crippen molar-refractivity contribution in [2.75, 3.05) is 6.54 Å². The first kappa shape index (κ1) is 13.2. The second kappa shape index (κ2) is 6.12. The van der Waals surface area contributed by atoms with E-state index in [0.29, 0.717) is 0 Å². The summed E-state index contributed by atoms with van der Waals surface area (Å²) in [6, 6.07) is 16.7. The van der Waals surface area contributed by atoms with Gasteiger partial charge >= 0.3 is 0 Å². The number of aromatic nitrogens is 1. The maximum atomic E-state index is 5.87. The van der Waals surface area contributed by atoms with Crippen molar-refractivity contribution in [3.8, 4) is 0 Å². The van der Waals surface area contributed by atoms with Crippen LogP contribution in [-0.2, 0) is 13.0 Å². The number of rotatable bonds is 5. The second-order valence-corrected chi connectivity index (χ2v) is 5.39. The van der Waals surface area contributed by atoms with Gasteiger partial charge in [-0.05, 0) is 53.7 Å². The van der Waals surface area contributed by atoms with Crippen LogP contribution in [0.15, 0.2) is 54.7 Å². The Bertz CT molecular complexity index is 686. The molecule has 0 saturated carbocycles. The molecule has 3 heteroatoms. The van der Waals surface area contributed by atoms with Crippen molar-refractivity contribution in [3.05, 3.63) is 70.9 Å². The van der Waals surface area contributed by atoms with E-state index in [-0.39, 0.29) is 0 Å². The summed E-state index contributed by atoms with van der Waals surface area (Å²) >= 11 is 5.87. The fraction of sp³-hybridized carbons (Fsp3) is 0.176. The maximum absolute atomic E-state index is 5.87. The number of fused-ring (bicyclic) bond motifs is 1. The van der Waals surface area contributed by atoms with E-state index < -0.39 is 0 Å². The Morgan fingerprint density at radius 1 is 0.950 bits per heavy atom. The molecule has 102 valence electrons. The summed E-state index contributed by atoms with van der Waals surface area (Å²) < 4.78 is 0. The van der Waals surface area contributed by atoms with Crippen LogP contribution in [0.5, 0.6) is 0 Å². The molecule has 0 radical (unpaired) electrons. The molecule has 0 bridgehead atoms. The van der Waals surface area contributed by atoms with Crippen molar-refractivity contribution >= 4 is 22.5 Å². The Labute approximate surface area is 123 Å². The van der Waals surface area contributed by atoms with Crippen molar-refractivity contribution in [2.45, 2.75) is 13.0 Å². The lowest BCUT2D eigenvalue weighted by molar-refractivity contribution is 0.687. The Morgan fingerprint density at radius 2 is 1.75 bits per heavy atom. The molecule has 0 unspecified atom stereocenters. The minimum atomic E-state index is 0.793. The average Bonchev–Trinajstić information content (AvgIpc) is 2.93. The Balaban J connectivity index is 1.50. The van der Waals surface area contributed by atoms with E-state index >= 15 is 0 Å². The van der Waals surface area contributed by atoms with Crippen LogP contribution in [0.4, 0.5) is 0 Å². The Morgan fingerprint density at radius 3 is 2.60 bits per heavy atom. The summed E-state index contributed by atoms with van der Waals surface area (Å²) in [6.07, 6.45) is 2.99. The summed E-state index contributed by atoms with van der Waals surface area (Å²) in [4.78, 5) is 3.24. The van der Waals surface area contributed by atoms with Crippen molar-refractivity contribution in [2.24, 2.45) is 0 Å². The molecule has 1 heterocycles. The fourth-order valence-corrected chi connectivity index (χ4v) is 2.45. The molecule has 0 spiro atoms. The maximum Gasteiger partial charge on any atom is 0.0457 e. The van der Waals surface area contributed by atoms with Gasteiger partial charge in [0.1, 0.15) is 0 Å². The molecule has 3 aromatic rings. The van der Waals surface area contributed by atoms with Crippen molar-refractivity contribution in [1.29, 1.82) is 0 Å².